The van der Waals surface area contributed by atoms with Crippen LogP contribution in [0.2, 0.25) is 0 Å². The summed E-state index contributed by atoms with van der Waals surface area (Å²) >= 11 is 0. The number of hydrogen-bond donors (Lipinski definition) is 1. The van der Waals surface area contributed by atoms with E-state index in [4.69, 9.17) is 9.84 Å². The van der Waals surface area contributed by atoms with E-state index in [0.717, 1.165) is 17.0 Å². The molecule has 0 aliphatic carbocycles. The van der Waals surface area contributed by atoms with Crippen LogP contribution in [0.15, 0.2) is 36.4 Å². The summed E-state index contributed by atoms with van der Waals surface area (Å²) in [6.45, 7) is 13.6. The van der Waals surface area contributed by atoms with Gasteiger partial charge in [-0.1, -0.05) is 32.9 Å². The summed E-state index contributed by atoms with van der Waals surface area (Å²) in [6.07, 6.45) is 0. The van der Waals surface area contributed by atoms with Gasteiger partial charge in [-0.15, -0.1) is 0 Å². The molecule has 22 heavy (non-hydrogen) atoms. The molecule has 4 heteroatoms. The number of hydrogen-bond acceptors (Lipinski definition) is 3. The van der Waals surface area contributed by atoms with Crippen molar-refractivity contribution in [2.24, 2.45) is 11.8 Å². The largest absolute Gasteiger partial charge is 0.493 e. The number of anilines is 1. The molecule has 0 saturated carbocycles. The molecule has 0 amide bonds. The molecule has 4 nitrogen and oxygen atoms in total. The molecule has 0 bridgehead atoms. The Labute approximate surface area is 133 Å². The first-order valence-electron chi connectivity index (χ1n) is 7.64. The highest BCUT2D eigenvalue weighted by atomic mass is 16.5. The smallest absolute Gasteiger partial charge is 0.308 e. The maximum Gasteiger partial charge on any atom is 0.308 e. The van der Waals surface area contributed by atoms with Crippen LogP contribution in [0.3, 0.4) is 0 Å². The predicted molar refractivity (Wildman–Crippen MR) is 90.6 cm³/mol. The molecular formula is C18H27NO3. The van der Waals surface area contributed by atoms with Crippen molar-refractivity contribution in [3.05, 3.63) is 36.4 Å². The van der Waals surface area contributed by atoms with Crippen molar-refractivity contribution in [1.29, 1.82) is 0 Å². The van der Waals surface area contributed by atoms with Gasteiger partial charge >= 0.3 is 5.97 Å². The predicted octanol–water partition coefficient (Wildman–Crippen LogP) is 3.82. The molecule has 0 heterocycles. The number of ether oxygens (including phenoxy) is 1. The molecule has 1 aromatic rings. The first-order chi connectivity index (χ1) is 10.3. The molecule has 0 saturated heterocycles. The monoisotopic (exact) mass is 305 g/mol. The van der Waals surface area contributed by atoms with E-state index in [9.17, 15) is 4.79 Å². The summed E-state index contributed by atoms with van der Waals surface area (Å²) in [5.41, 5.74) is 1.98. The summed E-state index contributed by atoms with van der Waals surface area (Å²) in [5, 5.41) is 9.11. The molecule has 0 radical (unpaired) electrons. The molecule has 122 valence electrons. The van der Waals surface area contributed by atoms with Crippen molar-refractivity contribution >= 4 is 11.7 Å². The number of carbonyl (C=O) groups is 1. The fourth-order valence-corrected chi connectivity index (χ4v) is 2.01. The van der Waals surface area contributed by atoms with Crippen LogP contribution < -0.4 is 9.64 Å². The van der Waals surface area contributed by atoms with Crippen molar-refractivity contribution in [2.75, 3.05) is 24.6 Å². The number of carboxylic acids is 1. The number of rotatable bonds is 9. The minimum absolute atomic E-state index is 0.434. The van der Waals surface area contributed by atoms with Crippen LogP contribution in [0.5, 0.6) is 5.75 Å². The van der Waals surface area contributed by atoms with E-state index >= 15 is 0 Å². The molecule has 1 N–H and O–H groups in total. The molecule has 0 spiro atoms. The third-order valence-electron chi connectivity index (χ3n) is 3.16. The van der Waals surface area contributed by atoms with Crippen molar-refractivity contribution in [3.63, 3.8) is 0 Å². The zero-order valence-corrected chi connectivity index (χ0v) is 14.0. The fourth-order valence-electron chi connectivity index (χ4n) is 2.01. The number of carboxylic acid groups (broad SMARTS) is 1. The van der Waals surface area contributed by atoms with Crippen LogP contribution in [0.1, 0.15) is 27.7 Å². The van der Waals surface area contributed by atoms with Gasteiger partial charge in [-0.25, -0.2) is 0 Å². The summed E-state index contributed by atoms with van der Waals surface area (Å²) in [6, 6.07) is 7.78. The summed E-state index contributed by atoms with van der Waals surface area (Å²) in [4.78, 5) is 13.1. The van der Waals surface area contributed by atoms with Crippen molar-refractivity contribution in [1.82, 2.24) is 0 Å². The normalized spacial score (nSPS) is 12.0. The van der Waals surface area contributed by atoms with Gasteiger partial charge < -0.3 is 14.7 Å². The second kappa shape index (κ2) is 8.47. The topological polar surface area (TPSA) is 49.8 Å². The van der Waals surface area contributed by atoms with Crippen LogP contribution in [-0.2, 0) is 4.79 Å². The van der Waals surface area contributed by atoms with E-state index in [1.54, 1.807) is 6.92 Å². The van der Waals surface area contributed by atoms with Gasteiger partial charge in [0.25, 0.3) is 0 Å². The number of aliphatic carboxylic acids is 1. The van der Waals surface area contributed by atoms with E-state index < -0.39 is 11.9 Å². The number of nitrogens with zero attached hydrogens (tertiary/aromatic N) is 1. The zero-order valence-electron chi connectivity index (χ0n) is 14.0. The highest BCUT2D eigenvalue weighted by Gasteiger charge is 2.16. The summed E-state index contributed by atoms with van der Waals surface area (Å²) in [5.74, 6) is 0.0924. The first kappa shape index (κ1) is 18.1. The lowest BCUT2D eigenvalue weighted by Gasteiger charge is -2.27. The standard InChI is InChI=1S/C18H27NO3/c1-13(2)10-19(11-15(5)18(20)21)16-6-8-17(9-7-16)22-12-14(3)4/h6-9,14-15H,1,10-12H2,2-5H3,(H,20,21). The quantitative estimate of drug-likeness (QED) is 0.705. The van der Waals surface area contributed by atoms with Crippen LogP contribution in [0, 0.1) is 11.8 Å². The Hall–Kier alpha value is -1.97. The van der Waals surface area contributed by atoms with Gasteiger partial charge in [0.05, 0.1) is 12.5 Å². The van der Waals surface area contributed by atoms with Gasteiger partial charge in [-0.2, -0.15) is 0 Å². The molecule has 0 fully saturated rings. The van der Waals surface area contributed by atoms with Gasteiger partial charge in [0.2, 0.25) is 0 Å². The molecule has 1 aromatic carbocycles. The lowest BCUT2D eigenvalue weighted by molar-refractivity contribution is -0.140. The minimum atomic E-state index is -0.788. The Morgan fingerprint density at radius 1 is 1.27 bits per heavy atom. The summed E-state index contributed by atoms with van der Waals surface area (Å²) < 4.78 is 5.67. The highest BCUT2D eigenvalue weighted by Crippen LogP contribution is 2.21. The van der Waals surface area contributed by atoms with Gasteiger partial charge in [0.15, 0.2) is 0 Å². The van der Waals surface area contributed by atoms with Gasteiger partial charge in [0, 0.05) is 18.8 Å². The van der Waals surface area contributed by atoms with Gasteiger partial charge in [-0.3, -0.25) is 4.79 Å². The van der Waals surface area contributed by atoms with Gasteiger partial charge in [0.1, 0.15) is 5.75 Å². The van der Waals surface area contributed by atoms with E-state index in [-0.39, 0.29) is 0 Å². The van der Waals surface area contributed by atoms with Crippen LogP contribution >= 0.6 is 0 Å². The van der Waals surface area contributed by atoms with Crippen molar-refractivity contribution in [2.45, 2.75) is 27.7 Å². The van der Waals surface area contributed by atoms with Crippen LogP contribution in [0.4, 0.5) is 5.69 Å². The first-order valence-corrected chi connectivity index (χ1v) is 7.64. The molecule has 1 rings (SSSR count). The Morgan fingerprint density at radius 2 is 1.86 bits per heavy atom. The lowest BCUT2D eigenvalue weighted by Crippen LogP contribution is -2.33. The Bertz CT molecular complexity index is 494. The Morgan fingerprint density at radius 3 is 2.32 bits per heavy atom. The van der Waals surface area contributed by atoms with E-state index in [2.05, 4.69) is 20.4 Å². The van der Waals surface area contributed by atoms with Gasteiger partial charge in [-0.05, 0) is 37.1 Å². The molecule has 0 aromatic heterocycles. The third kappa shape index (κ3) is 6.20. The van der Waals surface area contributed by atoms with Crippen molar-refractivity contribution in [3.8, 4) is 5.75 Å². The highest BCUT2D eigenvalue weighted by molar-refractivity contribution is 5.70. The molecular weight excluding hydrogens is 278 g/mol. The third-order valence-corrected chi connectivity index (χ3v) is 3.16. The Kier molecular flexibility index (Phi) is 6.96. The molecule has 1 atom stereocenters. The molecule has 1 unspecified atom stereocenters. The lowest BCUT2D eigenvalue weighted by atomic mass is 10.1. The average molecular weight is 305 g/mol. The summed E-state index contributed by atoms with van der Waals surface area (Å²) in [7, 11) is 0. The SMILES string of the molecule is C=C(C)CN(CC(C)C(=O)O)c1ccc(OCC(C)C)cc1. The second-order valence-electron chi connectivity index (χ2n) is 6.28. The minimum Gasteiger partial charge on any atom is -0.493 e. The molecule has 0 aliphatic heterocycles. The molecule has 0 aliphatic rings. The average Bonchev–Trinajstić information content (AvgIpc) is 2.44. The fraction of sp³-hybridized carbons (Fsp3) is 0.500. The number of benzene rings is 1. The van der Waals surface area contributed by atoms with E-state index in [1.165, 1.54) is 0 Å². The maximum atomic E-state index is 11.1. The second-order valence-corrected chi connectivity index (χ2v) is 6.28. The zero-order chi connectivity index (χ0) is 16.7. The van der Waals surface area contributed by atoms with Crippen LogP contribution in [0.25, 0.3) is 0 Å². The van der Waals surface area contributed by atoms with Crippen LogP contribution in [-0.4, -0.2) is 30.8 Å². The van der Waals surface area contributed by atoms with Crippen molar-refractivity contribution < 1.29 is 14.6 Å². The maximum absolute atomic E-state index is 11.1. The van der Waals surface area contributed by atoms with E-state index in [1.807, 2.05) is 36.1 Å². The van der Waals surface area contributed by atoms with E-state index in [0.29, 0.717) is 25.6 Å². The Balaban J connectivity index is 2.80.